The topological polar surface area (TPSA) is 43.5 Å². The van der Waals surface area contributed by atoms with E-state index in [0.29, 0.717) is 25.4 Å². The first-order valence-corrected chi connectivity index (χ1v) is 14.0. The Morgan fingerprint density at radius 1 is 0.649 bits per heavy atom. The lowest BCUT2D eigenvalue weighted by Crippen LogP contribution is -2.03. The Labute approximate surface area is 229 Å². The smallest absolute Gasteiger partial charge is 0.119 e. The molecule has 0 N–H and O–H groups in total. The number of ether oxygens (including phenoxy) is 4. The summed E-state index contributed by atoms with van der Waals surface area (Å²) in [6.07, 6.45) is 7.85. The van der Waals surface area contributed by atoms with E-state index in [1.165, 1.54) is 6.42 Å². The molecule has 2 saturated heterocycles. The van der Waals surface area contributed by atoms with E-state index in [9.17, 15) is 0 Å². The lowest BCUT2D eigenvalue weighted by molar-refractivity contribution is 0.263. The number of allylic oxidation sites excluding steroid dienone is 2. The maximum absolute atomic E-state index is 5.40. The quantitative estimate of drug-likeness (QED) is 0.259. The minimum absolute atomic E-state index is 0.343. The first-order chi connectivity index (χ1) is 18.1. The third-order valence-electron chi connectivity index (χ3n) is 3.74. The molecule has 2 aromatic rings. The molecule has 0 radical (unpaired) electrons. The summed E-state index contributed by atoms with van der Waals surface area (Å²) in [4.78, 5) is 0. The second-order valence-corrected chi connectivity index (χ2v) is 7.26. The van der Waals surface area contributed by atoms with Crippen LogP contribution in [0.25, 0.3) is 0 Å². The number of hydrogen-bond acceptors (Lipinski definition) is 4. The average molecular weight is 517 g/mol. The van der Waals surface area contributed by atoms with Crippen molar-refractivity contribution in [3.63, 3.8) is 0 Å². The van der Waals surface area contributed by atoms with E-state index in [0.717, 1.165) is 37.6 Å². The van der Waals surface area contributed by atoms with Crippen molar-refractivity contribution < 1.29 is 18.9 Å². The van der Waals surface area contributed by atoms with Gasteiger partial charge >= 0.3 is 0 Å². The minimum atomic E-state index is 0.343. The maximum Gasteiger partial charge on any atom is 0.119 e. The van der Waals surface area contributed by atoms with E-state index < -0.39 is 0 Å². The largest absolute Gasteiger partial charge is 0.491 e. The molecule has 4 heteroatoms. The van der Waals surface area contributed by atoms with Gasteiger partial charge in [0.15, 0.2) is 0 Å². The van der Waals surface area contributed by atoms with Crippen LogP contribution in [0.5, 0.6) is 11.5 Å². The van der Waals surface area contributed by atoms with Crippen molar-refractivity contribution in [1.82, 2.24) is 0 Å². The van der Waals surface area contributed by atoms with Gasteiger partial charge in [0.25, 0.3) is 0 Å². The fourth-order valence-corrected chi connectivity index (χ4v) is 1.74. The lowest BCUT2D eigenvalue weighted by Gasteiger charge is -2.01. The van der Waals surface area contributed by atoms with Crippen LogP contribution in [0, 0.1) is 0 Å². The molecule has 4 nitrogen and oxygen atoms in total. The number of hydrogen-bond donors (Lipinski definition) is 0. The van der Waals surface area contributed by atoms with Crippen molar-refractivity contribution in [2.75, 3.05) is 26.4 Å². The molecule has 0 amide bonds. The number of para-hydroxylation sites is 2. The van der Waals surface area contributed by atoms with E-state index in [2.05, 4.69) is 40.9 Å². The van der Waals surface area contributed by atoms with Gasteiger partial charge in [0.1, 0.15) is 36.9 Å². The standard InChI is InChI=1S/2C9H10O2.2C4H8.C3H8.2C2H6/c2*1-2-4-8(5-3-1)10-6-9-7-11-9;2*1-3-4-2;1-3-2;2*1-2/h2*1-5,9H,6-7H2;2*3H,1,4H2,2H3;3H2,1-2H3;2*1-2H3. The molecule has 2 heterocycles. The molecule has 0 saturated carbocycles. The fourth-order valence-electron chi connectivity index (χ4n) is 1.74. The molecule has 2 aromatic carbocycles. The maximum atomic E-state index is 5.40. The van der Waals surface area contributed by atoms with Crippen LogP contribution in [0.3, 0.4) is 0 Å². The van der Waals surface area contributed by atoms with Gasteiger partial charge < -0.3 is 18.9 Å². The highest BCUT2D eigenvalue weighted by Crippen LogP contribution is 2.14. The highest BCUT2D eigenvalue weighted by molar-refractivity contribution is 5.21. The third-order valence-corrected chi connectivity index (χ3v) is 3.74. The van der Waals surface area contributed by atoms with Crippen molar-refractivity contribution in [3.05, 3.63) is 86.0 Å². The van der Waals surface area contributed by atoms with Crippen LogP contribution in [-0.4, -0.2) is 38.6 Å². The molecule has 2 atom stereocenters. The molecule has 0 aromatic heterocycles. The van der Waals surface area contributed by atoms with Gasteiger partial charge in [-0.05, 0) is 37.1 Å². The number of benzene rings is 2. The van der Waals surface area contributed by atoms with Crippen LogP contribution in [0.1, 0.15) is 74.7 Å². The summed E-state index contributed by atoms with van der Waals surface area (Å²) in [6.45, 7) is 26.4. The van der Waals surface area contributed by atoms with Crippen molar-refractivity contribution in [2.45, 2.75) is 86.9 Å². The summed E-state index contributed by atoms with van der Waals surface area (Å²) in [5, 5.41) is 0. The van der Waals surface area contributed by atoms with Crippen molar-refractivity contribution in [3.8, 4) is 11.5 Å². The van der Waals surface area contributed by atoms with Crippen LogP contribution >= 0.6 is 0 Å². The lowest BCUT2D eigenvalue weighted by atomic mass is 10.3. The summed E-state index contributed by atoms with van der Waals surface area (Å²) in [5.41, 5.74) is 0. The van der Waals surface area contributed by atoms with Gasteiger partial charge in [-0.3, -0.25) is 0 Å². The molecule has 2 aliphatic rings. The molecular formula is C33H56O4. The van der Waals surface area contributed by atoms with Crippen LogP contribution in [-0.2, 0) is 9.47 Å². The highest BCUT2D eigenvalue weighted by atomic mass is 16.6. The van der Waals surface area contributed by atoms with E-state index in [1.54, 1.807) is 0 Å². The van der Waals surface area contributed by atoms with Crippen LogP contribution < -0.4 is 9.47 Å². The zero-order valence-electron chi connectivity index (χ0n) is 25.1. The summed E-state index contributed by atoms with van der Waals surface area (Å²) >= 11 is 0. The van der Waals surface area contributed by atoms with Gasteiger partial charge in [-0.1, -0.05) is 110 Å². The highest BCUT2D eigenvalue weighted by Gasteiger charge is 2.23. The van der Waals surface area contributed by atoms with Crippen LogP contribution in [0.4, 0.5) is 0 Å². The molecule has 37 heavy (non-hydrogen) atoms. The Hall–Kier alpha value is -2.56. The summed E-state index contributed by atoms with van der Waals surface area (Å²) in [7, 11) is 0. The Morgan fingerprint density at radius 2 is 0.892 bits per heavy atom. The first-order valence-electron chi connectivity index (χ1n) is 14.0. The van der Waals surface area contributed by atoms with Crippen molar-refractivity contribution >= 4 is 0 Å². The molecule has 212 valence electrons. The van der Waals surface area contributed by atoms with Gasteiger partial charge in [0, 0.05) is 0 Å². The van der Waals surface area contributed by atoms with Gasteiger partial charge in [0.05, 0.1) is 13.2 Å². The van der Waals surface area contributed by atoms with Crippen LogP contribution in [0.2, 0.25) is 0 Å². The predicted octanol–water partition coefficient (Wildman–Crippen LogP) is 9.56. The van der Waals surface area contributed by atoms with Crippen LogP contribution in [0.15, 0.2) is 86.0 Å². The fraction of sp³-hybridized carbons (Fsp3) is 0.515. The predicted molar refractivity (Wildman–Crippen MR) is 163 cm³/mol. The Morgan fingerprint density at radius 3 is 1.08 bits per heavy atom. The molecule has 2 aliphatic heterocycles. The average Bonchev–Trinajstić information content (AvgIpc) is 3.91. The van der Waals surface area contributed by atoms with Gasteiger partial charge in [-0.2, -0.15) is 0 Å². The van der Waals surface area contributed by atoms with E-state index in [1.807, 2.05) is 101 Å². The zero-order chi connectivity index (χ0) is 28.6. The van der Waals surface area contributed by atoms with E-state index in [-0.39, 0.29) is 0 Å². The molecule has 4 rings (SSSR count). The Kier molecular flexibility index (Phi) is 35.2. The summed E-state index contributed by atoms with van der Waals surface area (Å²) in [6, 6.07) is 19.6. The second-order valence-electron chi connectivity index (χ2n) is 7.26. The van der Waals surface area contributed by atoms with Crippen molar-refractivity contribution in [2.24, 2.45) is 0 Å². The van der Waals surface area contributed by atoms with E-state index >= 15 is 0 Å². The monoisotopic (exact) mass is 516 g/mol. The number of epoxide rings is 2. The summed E-state index contributed by atoms with van der Waals surface area (Å²) in [5.74, 6) is 1.84. The molecule has 0 spiro atoms. The first kappa shape index (κ1) is 39.0. The molecule has 0 bridgehead atoms. The van der Waals surface area contributed by atoms with E-state index in [4.69, 9.17) is 18.9 Å². The second kappa shape index (κ2) is 33.4. The van der Waals surface area contributed by atoms with Gasteiger partial charge in [-0.15, -0.1) is 13.2 Å². The molecule has 2 fully saturated rings. The van der Waals surface area contributed by atoms with Crippen molar-refractivity contribution in [1.29, 1.82) is 0 Å². The summed E-state index contributed by atoms with van der Waals surface area (Å²) < 4.78 is 20.8. The Balaban J connectivity index is -0.000000415. The third kappa shape index (κ3) is 33.4. The van der Waals surface area contributed by atoms with Gasteiger partial charge in [0.2, 0.25) is 0 Å². The molecule has 2 unspecified atom stereocenters. The SMILES string of the molecule is C=CCC.C=CCC.CC.CC.CCC.c1ccc(OCC2CO2)cc1.c1ccc(OCC2CO2)cc1. The van der Waals surface area contributed by atoms with Gasteiger partial charge in [-0.25, -0.2) is 0 Å². The molecular weight excluding hydrogens is 460 g/mol. The minimum Gasteiger partial charge on any atom is -0.491 e. The molecule has 0 aliphatic carbocycles. The Bertz CT molecular complexity index is 606. The normalized spacial score (nSPS) is 14.8. The number of rotatable bonds is 8. The zero-order valence-corrected chi connectivity index (χ0v) is 25.1.